The Bertz CT molecular complexity index is 546. The fourth-order valence-electron chi connectivity index (χ4n) is 4.89. The van der Waals surface area contributed by atoms with Gasteiger partial charge in [-0.1, -0.05) is 103 Å². The highest BCUT2D eigenvalue weighted by molar-refractivity contribution is 5.81. The summed E-state index contributed by atoms with van der Waals surface area (Å²) >= 11 is 0. The van der Waals surface area contributed by atoms with Crippen LogP contribution < -0.4 is 0 Å². The normalized spacial score (nSPS) is 14.1. The molecule has 0 saturated carbocycles. The maximum Gasteiger partial charge on any atom is 0.330 e. The molecule has 0 aromatic rings. The average Bonchev–Trinajstić information content (AvgIpc) is 3.36. The van der Waals surface area contributed by atoms with Crippen molar-refractivity contribution in [2.24, 2.45) is 0 Å². The zero-order valence-corrected chi connectivity index (χ0v) is 23.8. The van der Waals surface area contributed by atoms with E-state index < -0.39 is 0 Å². The molecule has 1 saturated heterocycles. The summed E-state index contributed by atoms with van der Waals surface area (Å²) in [5, 5.41) is 0. The minimum absolute atomic E-state index is 0.310. The van der Waals surface area contributed by atoms with Crippen LogP contribution in [0.1, 0.15) is 116 Å². The lowest BCUT2D eigenvalue weighted by atomic mass is 10.1. The lowest BCUT2D eigenvalue weighted by Gasteiger charge is -2.18. The highest BCUT2D eigenvalue weighted by atomic mass is 16.5. The van der Waals surface area contributed by atoms with Crippen molar-refractivity contribution >= 4 is 11.9 Å². The lowest BCUT2D eigenvalue weighted by molar-refractivity contribution is -0.138. The Balaban J connectivity index is 1.78. The van der Waals surface area contributed by atoms with Crippen LogP contribution in [0.2, 0.25) is 0 Å². The molecule has 0 aromatic carbocycles. The van der Waals surface area contributed by atoms with Gasteiger partial charge in [0, 0.05) is 25.2 Å². The molecular formula is C31H56N2O4. The molecule has 1 rings (SSSR count). The summed E-state index contributed by atoms with van der Waals surface area (Å²) in [6, 6.07) is 0. The third-order valence-electron chi connectivity index (χ3n) is 7.19. The van der Waals surface area contributed by atoms with Crippen LogP contribution >= 0.6 is 0 Å². The van der Waals surface area contributed by atoms with Gasteiger partial charge in [-0.3, -0.25) is 9.80 Å². The molecule has 1 aliphatic heterocycles. The van der Waals surface area contributed by atoms with Crippen molar-refractivity contribution in [3.63, 3.8) is 0 Å². The zero-order valence-electron chi connectivity index (χ0n) is 23.8. The number of rotatable bonds is 26. The molecule has 0 atom stereocenters. The van der Waals surface area contributed by atoms with E-state index in [4.69, 9.17) is 9.47 Å². The molecule has 1 fully saturated rings. The Kier molecular flexibility index (Phi) is 22.2. The average molecular weight is 521 g/mol. The second-order valence-corrected chi connectivity index (χ2v) is 10.5. The first-order valence-electron chi connectivity index (χ1n) is 15.2. The van der Waals surface area contributed by atoms with E-state index in [0.717, 1.165) is 25.7 Å². The predicted molar refractivity (Wildman–Crippen MR) is 153 cm³/mol. The Morgan fingerprint density at radius 2 is 0.811 bits per heavy atom. The van der Waals surface area contributed by atoms with Crippen molar-refractivity contribution in [1.82, 2.24) is 9.80 Å². The van der Waals surface area contributed by atoms with Crippen LogP contribution in [-0.2, 0) is 19.1 Å². The first-order chi connectivity index (χ1) is 18.2. The molecule has 0 spiro atoms. The number of unbranched alkanes of at least 4 members (excludes halogenated alkanes) is 16. The van der Waals surface area contributed by atoms with Gasteiger partial charge in [-0.2, -0.15) is 0 Å². The van der Waals surface area contributed by atoms with Gasteiger partial charge in [0.15, 0.2) is 0 Å². The molecule has 0 bridgehead atoms. The Hall–Kier alpha value is -1.66. The van der Waals surface area contributed by atoms with Crippen LogP contribution in [0, 0.1) is 0 Å². The fraction of sp³-hybridized carbons (Fsp3) is 0.806. The third kappa shape index (κ3) is 21.0. The third-order valence-corrected chi connectivity index (χ3v) is 7.19. The van der Waals surface area contributed by atoms with Gasteiger partial charge in [0.2, 0.25) is 0 Å². The number of carbonyl (C=O) groups is 2. The summed E-state index contributed by atoms with van der Waals surface area (Å²) in [5.41, 5.74) is 0. The van der Waals surface area contributed by atoms with Crippen molar-refractivity contribution < 1.29 is 19.1 Å². The van der Waals surface area contributed by atoms with Gasteiger partial charge >= 0.3 is 11.9 Å². The first-order valence-corrected chi connectivity index (χ1v) is 15.2. The van der Waals surface area contributed by atoms with Crippen LogP contribution in [0.25, 0.3) is 0 Å². The number of nitrogens with zero attached hydrogens (tertiary/aromatic N) is 2. The van der Waals surface area contributed by atoms with Gasteiger partial charge in [0.25, 0.3) is 0 Å². The second-order valence-electron chi connectivity index (χ2n) is 10.5. The SMILES string of the molecule is C=CC(=O)OCCCCCCCCCCCN1CCN(CCCCCCCCCCCOC(=O)C=C)C1. The molecule has 6 heteroatoms. The van der Waals surface area contributed by atoms with Gasteiger partial charge in [-0.25, -0.2) is 9.59 Å². The Morgan fingerprint density at radius 3 is 1.14 bits per heavy atom. The van der Waals surface area contributed by atoms with Crippen LogP contribution in [0.4, 0.5) is 0 Å². The van der Waals surface area contributed by atoms with Gasteiger partial charge in [-0.15, -0.1) is 0 Å². The number of ether oxygens (including phenoxy) is 2. The van der Waals surface area contributed by atoms with E-state index in [-0.39, 0.29) is 11.9 Å². The van der Waals surface area contributed by atoms with Crippen LogP contribution in [0.3, 0.4) is 0 Å². The Labute approximate surface area is 227 Å². The summed E-state index contributed by atoms with van der Waals surface area (Å²) in [6.45, 7) is 14.0. The molecule has 0 radical (unpaired) electrons. The topological polar surface area (TPSA) is 59.1 Å². The van der Waals surface area contributed by atoms with E-state index in [9.17, 15) is 9.59 Å². The summed E-state index contributed by atoms with van der Waals surface area (Å²) in [7, 11) is 0. The maximum absolute atomic E-state index is 11.0. The monoisotopic (exact) mass is 520 g/mol. The number of hydrogen-bond acceptors (Lipinski definition) is 6. The minimum atomic E-state index is -0.310. The van der Waals surface area contributed by atoms with Crippen LogP contribution in [0.15, 0.2) is 25.3 Å². The second kappa shape index (κ2) is 24.7. The van der Waals surface area contributed by atoms with E-state index in [1.807, 2.05) is 0 Å². The van der Waals surface area contributed by atoms with Crippen molar-refractivity contribution in [1.29, 1.82) is 0 Å². The molecular weight excluding hydrogens is 464 g/mol. The summed E-state index contributed by atoms with van der Waals surface area (Å²) in [4.78, 5) is 27.2. The molecule has 0 N–H and O–H groups in total. The van der Waals surface area contributed by atoms with E-state index in [1.165, 1.54) is 135 Å². The Morgan fingerprint density at radius 1 is 0.514 bits per heavy atom. The predicted octanol–water partition coefficient (Wildman–Crippen LogP) is 7.04. The summed E-state index contributed by atoms with van der Waals surface area (Å²) in [5.74, 6) is -0.620. The smallest absolute Gasteiger partial charge is 0.330 e. The van der Waals surface area contributed by atoms with E-state index in [0.29, 0.717) is 13.2 Å². The molecule has 0 amide bonds. The van der Waals surface area contributed by atoms with E-state index >= 15 is 0 Å². The van der Waals surface area contributed by atoms with Crippen molar-refractivity contribution in [3.05, 3.63) is 25.3 Å². The van der Waals surface area contributed by atoms with Gasteiger partial charge in [-0.05, 0) is 38.8 Å². The summed E-state index contributed by atoms with van der Waals surface area (Å²) < 4.78 is 9.99. The van der Waals surface area contributed by atoms with Gasteiger partial charge in [0.1, 0.15) is 0 Å². The highest BCUT2D eigenvalue weighted by Gasteiger charge is 2.18. The summed E-state index contributed by atoms with van der Waals surface area (Å²) in [6.07, 6.45) is 25.2. The molecule has 0 aromatic heterocycles. The molecule has 37 heavy (non-hydrogen) atoms. The van der Waals surface area contributed by atoms with Crippen molar-refractivity contribution in [2.45, 2.75) is 116 Å². The van der Waals surface area contributed by atoms with E-state index in [2.05, 4.69) is 23.0 Å². The van der Waals surface area contributed by atoms with Gasteiger partial charge < -0.3 is 9.47 Å². The first kappa shape index (κ1) is 33.4. The zero-order chi connectivity index (χ0) is 26.8. The lowest BCUT2D eigenvalue weighted by Crippen LogP contribution is -2.27. The molecule has 214 valence electrons. The van der Waals surface area contributed by atoms with Gasteiger partial charge in [0.05, 0.1) is 19.9 Å². The molecule has 6 nitrogen and oxygen atoms in total. The van der Waals surface area contributed by atoms with Crippen LogP contribution in [-0.4, -0.2) is 67.8 Å². The molecule has 0 unspecified atom stereocenters. The highest BCUT2D eigenvalue weighted by Crippen LogP contribution is 2.14. The standard InChI is InChI=1S/C31H56N2O4/c1-3-30(34)36-27-21-17-13-9-5-7-11-15-19-23-32-25-26-33(29-32)24-20-16-12-8-6-10-14-18-22-28-37-31(35)4-2/h3-4H,1-2,5-29H2. The molecule has 1 heterocycles. The van der Waals surface area contributed by atoms with Crippen molar-refractivity contribution in [3.8, 4) is 0 Å². The maximum atomic E-state index is 11.0. The molecule has 1 aliphatic rings. The minimum Gasteiger partial charge on any atom is -0.463 e. The number of carbonyl (C=O) groups excluding carboxylic acids is 2. The van der Waals surface area contributed by atoms with E-state index in [1.54, 1.807) is 0 Å². The largest absolute Gasteiger partial charge is 0.463 e. The van der Waals surface area contributed by atoms with Crippen molar-refractivity contribution in [2.75, 3.05) is 46.1 Å². The number of hydrogen-bond donors (Lipinski definition) is 0. The fourth-order valence-corrected chi connectivity index (χ4v) is 4.89. The molecule has 0 aliphatic carbocycles. The number of esters is 2. The van der Waals surface area contributed by atoms with Crippen LogP contribution in [0.5, 0.6) is 0 Å². The quantitative estimate of drug-likeness (QED) is 0.0692.